The van der Waals surface area contributed by atoms with Crippen LogP contribution in [0.2, 0.25) is 0 Å². The average Bonchev–Trinajstić information content (AvgIpc) is 3.53. The predicted molar refractivity (Wildman–Crippen MR) is 160 cm³/mol. The summed E-state index contributed by atoms with van der Waals surface area (Å²) in [5, 5.41) is 13.6. The second-order valence-corrected chi connectivity index (χ2v) is 13.6. The van der Waals surface area contributed by atoms with Crippen LogP contribution >= 0.6 is 11.6 Å². The third-order valence-corrected chi connectivity index (χ3v) is 10.9. The van der Waals surface area contributed by atoms with Crippen molar-refractivity contribution in [2.24, 2.45) is 0 Å². The molecule has 1 aromatic heterocycles. The number of fused-ring (bicyclic) bond motifs is 4. The molecule has 0 spiro atoms. The van der Waals surface area contributed by atoms with Gasteiger partial charge in [-0.2, -0.15) is 0 Å². The Labute approximate surface area is 240 Å². The van der Waals surface area contributed by atoms with Gasteiger partial charge in [-0.05, 0) is 0 Å². The first-order valence-electron chi connectivity index (χ1n) is 13.8. The number of rotatable bonds is 7. The number of halogens is 1. The molecule has 0 saturated carbocycles. The standard InChI is InChI=1S/C32H33ClN2O3Se/c1-20-5-7-25-26(13-20)31-23(18-33)19-35(27(31)17-28(25)37)32(38)30-16-22-14-21(6-8-29(22)39-30)15-24(36)9-12-34-10-3-2-4-11-34/h5-8,13-14,16-17,23,37H,2-4,9-12,15,18-19H2,1H3/t23-/m1/s1. The molecule has 0 radical (unpaired) electrons. The van der Waals surface area contributed by atoms with Gasteiger partial charge in [0.2, 0.25) is 0 Å². The minimum atomic E-state index is -0.113. The van der Waals surface area contributed by atoms with Gasteiger partial charge in [0.05, 0.1) is 0 Å². The van der Waals surface area contributed by atoms with Crippen LogP contribution < -0.4 is 4.90 Å². The molecule has 7 heteroatoms. The summed E-state index contributed by atoms with van der Waals surface area (Å²) in [5.41, 5.74) is 3.92. The van der Waals surface area contributed by atoms with Gasteiger partial charge in [-0.25, -0.2) is 0 Å². The molecule has 39 heavy (non-hydrogen) atoms. The molecule has 4 aromatic rings. The van der Waals surface area contributed by atoms with E-state index in [2.05, 4.69) is 23.1 Å². The Morgan fingerprint density at radius 1 is 1.03 bits per heavy atom. The Morgan fingerprint density at radius 3 is 2.64 bits per heavy atom. The monoisotopic (exact) mass is 608 g/mol. The fraction of sp³-hybridized carbons (Fsp3) is 0.375. The summed E-state index contributed by atoms with van der Waals surface area (Å²) in [6.07, 6.45) is 4.81. The molecule has 2 aliphatic heterocycles. The number of ketones is 1. The van der Waals surface area contributed by atoms with Crippen molar-refractivity contribution in [1.29, 1.82) is 0 Å². The summed E-state index contributed by atoms with van der Waals surface area (Å²) in [6, 6.07) is 15.9. The Kier molecular flexibility index (Phi) is 7.56. The van der Waals surface area contributed by atoms with E-state index in [1.54, 1.807) is 11.0 Å². The fourth-order valence-corrected chi connectivity index (χ4v) is 8.46. The van der Waals surface area contributed by atoms with Crippen molar-refractivity contribution in [1.82, 2.24) is 4.90 Å². The first kappa shape index (κ1) is 26.6. The Bertz CT molecular complexity index is 1570. The van der Waals surface area contributed by atoms with E-state index in [1.807, 2.05) is 31.2 Å². The van der Waals surface area contributed by atoms with Gasteiger partial charge in [0.15, 0.2) is 0 Å². The average molecular weight is 608 g/mol. The van der Waals surface area contributed by atoms with E-state index in [0.717, 1.165) is 62.6 Å². The number of piperidine rings is 1. The van der Waals surface area contributed by atoms with Crippen molar-refractivity contribution in [2.75, 3.05) is 37.0 Å². The Balaban J connectivity index is 1.23. The van der Waals surface area contributed by atoms with Crippen LogP contribution in [0, 0.1) is 6.92 Å². The third kappa shape index (κ3) is 5.28. The van der Waals surface area contributed by atoms with Crippen molar-refractivity contribution >= 4 is 63.9 Å². The van der Waals surface area contributed by atoms with Gasteiger partial charge in [0.25, 0.3) is 0 Å². The van der Waals surface area contributed by atoms with Crippen LogP contribution in [0.3, 0.4) is 0 Å². The number of hydrogen-bond acceptors (Lipinski definition) is 4. The number of anilines is 1. The number of benzene rings is 3. The van der Waals surface area contributed by atoms with E-state index in [0.29, 0.717) is 25.3 Å². The normalized spacial score (nSPS) is 17.7. The molecule has 5 nitrogen and oxygen atoms in total. The number of hydrogen-bond donors (Lipinski definition) is 1. The molecule has 0 unspecified atom stereocenters. The van der Waals surface area contributed by atoms with Crippen LogP contribution in [-0.2, 0) is 11.2 Å². The van der Waals surface area contributed by atoms with E-state index >= 15 is 0 Å². The van der Waals surface area contributed by atoms with E-state index in [9.17, 15) is 14.7 Å². The zero-order valence-electron chi connectivity index (χ0n) is 22.2. The molecule has 1 fully saturated rings. The number of Topliss-reactive ketones (excluding diaryl/α,β-unsaturated/α-hetero) is 1. The maximum absolute atomic E-state index is 13.8. The SMILES string of the molecule is Cc1ccc2c(O)cc3c(c2c1)[C@H](CCl)CN3C(=O)c1cc2cc(CC(=O)CCN3CCCCC3)ccc2[se]1. The van der Waals surface area contributed by atoms with Gasteiger partial charge in [-0.1, -0.05) is 0 Å². The number of aryl methyl sites for hydroxylation is 1. The van der Waals surface area contributed by atoms with Gasteiger partial charge in [0, 0.05) is 0 Å². The van der Waals surface area contributed by atoms with Crippen LogP contribution in [0.4, 0.5) is 5.69 Å². The molecule has 0 aliphatic carbocycles. The molecule has 1 atom stereocenters. The second-order valence-electron chi connectivity index (χ2n) is 11.0. The van der Waals surface area contributed by atoms with Crippen molar-refractivity contribution < 1.29 is 14.7 Å². The summed E-state index contributed by atoms with van der Waals surface area (Å²) in [4.78, 5) is 30.7. The van der Waals surface area contributed by atoms with E-state index in [-0.39, 0.29) is 37.9 Å². The van der Waals surface area contributed by atoms with Crippen LogP contribution in [-0.4, -0.2) is 68.3 Å². The first-order valence-corrected chi connectivity index (χ1v) is 16.1. The first-order chi connectivity index (χ1) is 18.9. The number of carbonyl (C=O) groups excluding carboxylic acids is 2. The summed E-state index contributed by atoms with van der Waals surface area (Å²) in [6.45, 7) is 5.61. The summed E-state index contributed by atoms with van der Waals surface area (Å²) in [7, 11) is 0. The van der Waals surface area contributed by atoms with Crippen molar-refractivity contribution in [3.05, 3.63) is 69.7 Å². The van der Waals surface area contributed by atoms with Gasteiger partial charge in [0.1, 0.15) is 0 Å². The van der Waals surface area contributed by atoms with Crippen molar-refractivity contribution in [3.63, 3.8) is 0 Å². The zero-order valence-corrected chi connectivity index (χ0v) is 24.7. The van der Waals surface area contributed by atoms with Crippen molar-refractivity contribution in [2.45, 2.75) is 44.9 Å². The quantitative estimate of drug-likeness (QED) is 0.206. The number of carbonyl (C=O) groups is 2. The molecular formula is C32H33ClN2O3Se. The minimum absolute atomic E-state index is 0.00921. The number of likely N-dealkylation sites (tertiary alicyclic amines) is 1. The maximum atomic E-state index is 13.8. The van der Waals surface area contributed by atoms with Crippen LogP contribution in [0.15, 0.2) is 48.5 Å². The number of aromatic hydroxyl groups is 1. The van der Waals surface area contributed by atoms with Crippen LogP contribution in [0.25, 0.3) is 20.4 Å². The molecule has 0 bridgehead atoms. The predicted octanol–water partition coefficient (Wildman–Crippen LogP) is 6.03. The van der Waals surface area contributed by atoms with E-state index in [4.69, 9.17) is 11.6 Å². The number of phenolic OH excluding ortho intramolecular Hbond substituents is 1. The summed E-state index contributed by atoms with van der Waals surface area (Å²) in [5.74, 6) is 0.845. The second kappa shape index (κ2) is 11.1. The zero-order chi connectivity index (χ0) is 27.1. The molecule has 202 valence electrons. The molecule has 3 aromatic carbocycles. The molecule has 2 aliphatic rings. The molecule has 1 saturated heterocycles. The fourth-order valence-electron chi connectivity index (χ4n) is 6.13. The van der Waals surface area contributed by atoms with Crippen LogP contribution in [0.5, 0.6) is 5.75 Å². The molecule has 3 heterocycles. The van der Waals surface area contributed by atoms with Crippen LogP contribution in [0.1, 0.15) is 57.5 Å². The van der Waals surface area contributed by atoms with E-state index < -0.39 is 0 Å². The Hall–Kier alpha value is -2.63. The number of nitrogens with zero attached hydrogens (tertiary/aromatic N) is 2. The van der Waals surface area contributed by atoms with Crippen molar-refractivity contribution in [3.8, 4) is 5.75 Å². The number of phenols is 1. The number of amides is 1. The topological polar surface area (TPSA) is 60.9 Å². The summed E-state index contributed by atoms with van der Waals surface area (Å²) >= 11 is 6.29. The van der Waals surface area contributed by atoms with Gasteiger partial charge in [-0.3, -0.25) is 0 Å². The number of alkyl halides is 1. The third-order valence-electron chi connectivity index (χ3n) is 8.17. The van der Waals surface area contributed by atoms with Gasteiger partial charge < -0.3 is 0 Å². The molecule has 6 rings (SSSR count). The summed E-state index contributed by atoms with van der Waals surface area (Å²) < 4.78 is 1.96. The van der Waals surface area contributed by atoms with E-state index in [1.165, 1.54) is 23.5 Å². The molecule has 1 N–H and O–H groups in total. The molecule has 1 amide bonds. The Morgan fingerprint density at radius 2 is 1.85 bits per heavy atom. The molecular weight excluding hydrogens is 575 g/mol. The van der Waals surface area contributed by atoms with Gasteiger partial charge in [-0.15, -0.1) is 0 Å². The van der Waals surface area contributed by atoms with Gasteiger partial charge >= 0.3 is 241 Å².